The molecule has 2 aromatic heterocycles. The van der Waals surface area contributed by atoms with Crippen LogP contribution >= 0.6 is 0 Å². The van der Waals surface area contributed by atoms with E-state index in [1.807, 2.05) is 30.3 Å². The predicted molar refractivity (Wildman–Crippen MR) is 118 cm³/mol. The highest BCUT2D eigenvalue weighted by atomic mass is 32.2. The van der Waals surface area contributed by atoms with E-state index in [2.05, 4.69) is 9.97 Å². The number of carbonyl (C=O) groups is 1. The third-order valence-electron chi connectivity index (χ3n) is 4.71. The zero-order chi connectivity index (χ0) is 23.2. The van der Waals surface area contributed by atoms with Crippen LogP contribution in [0.3, 0.4) is 0 Å². The van der Waals surface area contributed by atoms with E-state index in [-0.39, 0.29) is 29.8 Å². The molecule has 4 rings (SSSR count). The lowest BCUT2D eigenvalue weighted by atomic mass is 10.2. The lowest BCUT2D eigenvalue weighted by Gasteiger charge is -2.10. The van der Waals surface area contributed by atoms with Crippen LogP contribution in [-0.4, -0.2) is 32.0 Å². The van der Waals surface area contributed by atoms with Gasteiger partial charge in [0.1, 0.15) is 17.9 Å². The first-order valence-electron chi connectivity index (χ1n) is 9.90. The number of carbonyl (C=O) groups excluding carboxylic acids is 1. The number of rotatable bonds is 8. The monoisotopic (exact) mass is 469 g/mol. The number of benzene rings is 2. The molecule has 2 heterocycles. The van der Waals surface area contributed by atoms with Crippen molar-refractivity contribution in [2.24, 2.45) is 0 Å². The second kappa shape index (κ2) is 10.2. The second-order valence-electron chi connectivity index (χ2n) is 6.90. The fourth-order valence-corrected chi connectivity index (χ4v) is 4.27. The van der Waals surface area contributed by atoms with E-state index in [1.54, 1.807) is 24.4 Å². The Morgan fingerprint density at radius 3 is 2.70 bits per heavy atom. The van der Waals surface area contributed by atoms with Gasteiger partial charge in [0.25, 0.3) is 0 Å². The van der Waals surface area contributed by atoms with Crippen molar-refractivity contribution >= 4 is 28.0 Å². The molecule has 0 amide bonds. The van der Waals surface area contributed by atoms with Gasteiger partial charge >= 0.3 is 6.16 Å². The quantitative estimate of drug-likeness (QED) is 0.357. The highest BCUT2D eigenvalue weighted by Crippen LogP contribution is 2.23. The molecule has 0 saturated carbocycles. The lowest BCUT2D eigenvalue weighted by molar-refractivity contribution is 0.0279. The number of ether oxygens (including phenoxy) is 3. The largest absolute Gasteiger partial charge is 0.510 e. The van der Waals surface area contributed by atoms with Crippen LogP contribution in [0.1, 0.15) is 11.3 Å². The Labute approximate surface area is 191 Å². The van der Waals surface area contributed by atoms with Crippen LogP contribution in [-0.2, 0) is 39.4 Å². The Morgan fingerprint density at radius 1 is 1.09 bits per heavy atom. The molecule has 0 spiro atoms. The third-order valence-corrected chi connectivity index (χ3v) is 5.99. The van der Waals surface area contributed by atoms with Crippen molar-refractivity contribution in [2.45, 2.75) is 24.2 Å². The average molecular weight is 469 g/mol. The number of imidazole rings is 1. The molecule has 2 aromatic carbocycles. The number of hydrogen-bond acceptors (Lipinski definition) is 7. The van der Waals surface area contributed by atoms with Gasteiger partial charge in [0, 0.05) is 12.3 Å². The summed E-state index contributed by atoms with van der Waals surface area (Å²) in [5.41, 5.74) is 1.68. The summed E-state index contributed by atoms with van der Waals surface area (Å²) < 4.78 is 44.3. The van der Waals surface area contributed by atoms with Crippen LogP contribution in [0.25, 0.3) is 11.0 Å². The Balaban J connectivity index is 1.53. The summed E-state index contributed by atoms with van der Waals surface area (Å²) >= 11 is 0. The summed E-state index contributed by atoms with van der Waals surface area (Å²) in [6.45, 7) is -0.306. The van der Waals surface area contributed by atoms with Crippen molar-refractivity contribution < 1.29 is 27.6 Å². The summed E-state index contributed by atoms with van der Waals surface area (Å²) in [5, 5.41) is 0.0515. The van der Waals surface area contributed by atoms with Gasteiger partial charge < -0.3 is 14.2 Å². The molecule has 8 nitrogen and oxygen atoms in total. The summed E-state index contributed by atoms with van der Waals surface area (Å²) in [6.07, 6.45) is 0.628. The molecule has 0 aliphatic rings. The Hall–Kier alpha value is -3.79. The van der Waals surface area contributed by atoms with E-state index in [0.29, 0.717) is 17.0 Å². The summed E-state index contributed by atoms with van der Waals surface area (Å²) in [6, 6.07) is 16.8. The summed E-state index contributed by atoms with van der Waals surface area (Å²) in [5.74, 6) is 0.0114. The molecule has 0 radical (unpaired) electrons. The van der Waals surface area contributed by atoms with Gasteiger partial charge in [-0.1, -0.05) is 36.4 Å². The summed E-state index contributed by atoms with van der Waals surface area (Å²) in [4.78, 5) is 20.5. The number of halogens is 1. The Morgan fingerprint density at radius 2 is 1.91 bits per heavy atom. The van der Waals surface area contributed by atoms with Crippen molar-refractivity contribution in [3.05, 3.63) is 83.9 Å². The lowest BCUT2D eigenvalue weighted by Crippen LogP contribution is -2.14. The maximum Gasteiger partial charge on any atom is 0.510 e. The second-order valence-corrected chi connectivity index (χ2v) is 8.25. The number of hydrogen-bond donors (Lipinski definition) is 0. The summed E-state index contributed by atoms with van der Waals surface area (Å²) in [7, 11) is -0.190. The maximum atomic E-state index is 14.3. The SMILES string of the molecule is COc1ccnc(CS(=O)c2nc3c(F)cccc3n2COC(=O)OCc2ccccc2)c1. The highest BCUT2D eigenvalue weighted by Gasteiger charge is 2.21. The van der Waals surface area contributed by atoms with Crippen molar-refractivity contribution in [1.29, 1.82) is 0 Å². The number of fused-ring (bicyclic) bond motifs is 1. The van der Waals surface area contributed by atoms with Gasteiger partial charge in [-0.3, -0.25) is 13.8 Å². The van der Waals surface area contributed by atoms with E-state index in [4.69, 9.17) is 14.2 Å². The molecule has 4 aromatic rings. The molecule has 0 saturated heterocycles. The van der Waals surface area contributed by atoms with Gasteiger partial charge in [0.05, 0.1) is 34.9 Å². The van der Waals surface area contributed by atoms with Crippen molar-refractivity contribution in [3.63, 3.8) is 0 Å². The van der Waals surface area contributed by atoms with E-state index < -0.39 is 22.8 Å². The molecule has 0 aliphatic carbocycles. The van der Waals surface area contributed by atoms with Gasteiger partial charge in [-0.25, -0.2) is 14.2 Å². The zero-order valence-electron chi connectivity index (χ0n) is 17.6. The van der Waals surface area contributed by atoms with Gasteiger partial charge in [-0.2, -0.15) is 0 Å². The molecule has 0 bridgehead atoms. The van der Waals surface area contributed by atoms with Gasteiger partial charge in [0.2, 0.25) is 5.16 Å². The molecule has 10 heteroatoms. The number of methoxy groups -OCH3 is 1. The van der Waals surface area contributed by atoms with Crippen LogP contribution in [0.5, 0.6) is 5.75 Å². The maximum absolute atomic E-state index is 14.3. The predicted octanol–water partition coefficient (Wildman–Crippen LogP) is 4.20. The molecule has 0 aliphatic heterocycles. The standard InChI is InChI=1S/C23H20FN3O5S/c1-30-18-10-11-25-17(12-18)14-33(29)22-26-21-19(24)8-5-9-20(21)27(22)15-32-23(28)31-13-16-6-3-2-4-7-16/h2-12H,13-15H2,1H3. The molecule has 1 atom stereocenters. The average Bonchev–Trinajstić information content (AvgIpc) is 3.22. The van der Waals surface area contributed by atoms with Gasteiger partial charge in [0.15, 0.2) is 12.5 Å². The van der Waals surface area contributed by atoms with E-state index >= 15 is 0 Å². The minimum Gasteiger partial charge on any atom is -0.497 e. The zero-order valence-corrected chi connectivity index (χ0v) is 18.5. The molecular weight excluding hydrogens is 449 g/mol. The van der Waals surface area contributed by atoms with E-state index in [1.165, 1.54) is 23.8 Å². The first kappa shape index (κ1) is 22.4. The number of para-hydroxylation sites is 1. The number of nitrogens with zero attached hydrogens (tertiary/aromatic N) is 3. The van der Waals surface area contributed by atoms with E-state index in [9.17, 15) is 13.4 Å². The van der Waals surface area contributed by atoms with Crippen LogP contribution in [0, 0.1) is 5.82 Å². The van der Waals surface area contributed by atoms with Crippen LogP contribution in [0.15, 0.2) is 72.0 Å². The number of pyridine rings is 1. The number of aromatic nitrogens is 3. The van der Waals surface area contributed by atoms with E-state index in [0.717, 1.165) is 5.56 Å². The normalized spacial score (nSPS) is 11.8. The molecular formula is C23H20FN3O5S. The molecule has 0 N–H and O–H groups in total. The van der Waals surface area contributed by atoms with Gasteiger partial charge in [-0.15, -0.1) is 0 Å². The molecule has 1 unspecified atom stereocenters. The Bertz CT molecular complexity index is 1300. The smallest absolute Gasteiger partial charge is 0.497 e. The van der Waals surface area contributed by atoms with Crippen LogP contribution < -0.4 is 4.74 Å². The van der Waals surface area contributed by atoms with Crippen molar-refractivity contribution in [1.82, 2.24) is 14.5 Å². The molecule has 170 valence electrons. The van der Waals surface area contributed by atoms with Crippen LogP contribution in [0.2, 0.25) is 0 Å². The minimum atomic E-state index is -1.71. The first-order chi connectivity index (χ1) is 16.0. The van der Waals surface area contributed by atoms with Crippen LogP contribution in [0.4, 0.5) is 9.18 Å². The molecule has 0 fully saturated rings. The first-order valence-corrected chi connectivity index (χ1v) is 11.2. The fraction of sp³-hybridized carbons (Fsp3) is 0.174. The van der Waals surface area contributed by atoms with Crippen molar-refractivity contribution in [2.75, 3.05) is 7.11 Å². The van der Waals surface area contributed by atoms with Gasteiger partial charge in [-0.05, 0) is 23.8 Å². The Kier molecular flexibility index (Phi) is 6.94. The molecule has 33 heavy (non-hydrogen) atoms. The third kappa shape index (κ3) is 5.35. The highest BCUT2D eigenvalue weighted by molar-refractivity contribution is 7.84. The topological polar surface area (TPSA) is 92.5 Å². The minimum absolute atomic E-state index is 0.0145. The van der Waals surface area contributed by atoms with Crippen molar-refractivity contribution in [3.8, 4) is 5.75 Å². The fourth-order valence-electron chi connectivity index (χ4n) is 3.13.